The van der Waals surface area contributed by atoms with E-state index < -0.39 is 0 Å². The van der Waals surface area contributed by atoms with Gasteiger partial charge >= 0.3 is 0 Å². The Morgan fingerprint density at radius 1 is 0.431 bits per heavy atom. The highest BCUT2D eigenvalue weighted by Gasteiger charge is 2.27. The molecule has 0 saturated carbocycles. The zero-order valence-electron chi connectivity index (χ0n) is 30.8. The molecule has 270 valence electrons. The first kappa shape index (κ1) is 31.7. The first-order valence-electron chi connectivity index (χ1n) is 19.4. The molecule has 0 atom stereocenters. The summed E-state index contributed by atoms with van der Waals surface area (Å²) in [4.78, 5) is 17.8. The number of para-hydroxylation sites is 4. The maximum absolute atomic E-state index is 6.27. The van der Waals surface area contributed by atoms with Gasteiger partial charge in [-0.15, -0.1) is 0 Å². The summed E-state index contributed by atoms with van der Waals surface area (Å²) in [6.07, 6.45) is 0. The van der Waals surface area contributed by atoms with Crippen LogP contribution in [0.1, 0.15) is 0 Å². The summed E-state index contributed by atoms with van der Waals surface area (Å²) < 4.78 is 11.2. The van der Waals surface area contributed by atoms with Gasteiger partial charge in [0.05, 0.1) is 16.7 Å². The molecule has 5 heterocycles. The molecule has 0 amide bonds. The molecule has 0 spiro atoms. The molecule has 0 N–H and O–H groups in total. The van der Waals surface area contributed by atoms with Crippen molar-refractivity contribution in [2.75, 3.05) is 0 Å². The Morgan fingerprint density at radius 3 is 2.00 bits per heavy atom. The number of benzene rings is 8. The van der Waals surface area contributed by atoms with Crippen molar-refractivity contribution < 1.29 is 4.42 Å². The molecular weight excluding hydrogens is 731 g/mol. The highest BCUT2D eigenvalue weighted by atomic mass is 32.2. The lowest BCUT2D eigenvalue weighted by Gasteiger charge is -2.21. The Kier molecular flexibility index (Phi) is 6.56. The van der Waals surface area contributed by atoms with E-state index in [-0.39, 0.29) is 0 Å². The van der Waals surface area contributed by atoms with Gasteiger partial charge in [0.2, 0.25) is 0 Å². The molecule has 0 bridgehead atoms. The Labute approximate surface area is 335 Å². The van der Waals surface area contributed by atoms with E-state index >= 15 is 0 Å². The first-order chi connectivity index (χ1) is 28.7. The maximum atomic E-state index is 6.27. The molecule has 0 radical (unpaired) electrons. The highest BCUT2D eigenvalue weighted by molar-refractivity contribution is 7.99. The van der Waals surface area contributed by atoms with Crippen LogP contribution >= 0.6 is 11.8 Å². The lowest BCUT2D eigenvalue weighted by atomic mass is 10.1. The third-order valence-corrected chi connectivity index (χ3v) is 12.6. The second-order valence-corrected chi connectivity index (χ2v) is 15.9. The van der Waals surface area contributed by atoms with E-state index in [0.717, 1.165) is 55.1 Å². The molecule has 0 unspecified atom stereocenters. The maximum Gasteiger partial charge on any atom is 0.164 e. The lowest BCUT2D eigenvalue weighted by molar-refractivity contribution is 0.669. The van der Waals surface area contributed by atoms with Gasteiger partial charge in [-0.05, 0) is 71.4 Å². The summed E-state index contributed by atoms with van der Waals surface area (Å²) in [6.45, 7) is 0. The summed E-state index contributed by atoms with van der Waals surface area (Å²) in [5, 5.41) is 8.17. The molecular formula is C51H29N5OS. The average molecular weight is 760 g/mol. The van der Waals surface area contributed by atoms with E-state index in [4.69, 9.17) is 19.4 Å². The third kappa shape index (κ3) is 4.59. The Bertz CT molecular complexity index is 3670. The van der Waals surface area contributed by atoms with Crippen LogP contribution in [0.5, 0.6) is 0 Å². The quantitative estimate of drug-likeness (QED) is 0.179. The fraction of sp³-hybridized carbons (Fsp3) is 0. The van der Waals surface area contributed by atoms with Crippen LogP contribution in [0.25, 0.3) is 111 Å². The highest BCUT2D eigenvalue weighted by Crippen LogP contribution is 2.49. The monoisotopic (exact) mass is 759 g/mol. The second-order valence-electron chi connectivity index (χ2n) is 14.8. The minimum atomic E-state index is 0.591. The van der Waals surface area contributed by atoms with Crippen molar-refractivity contribution in [1.82, 2.24) is 24.1 Å². The molecule has 1 aliphatic rings. The van der Waals surface area contributed by atoms with Crippen LogP contribution in [-0.4, -0.2) is 24.1 Å². The van der Waals surface area contributed by atoms with Gasteiger partial charge in [-0.25, -0.2) is 15.0 Å². The molecule has 13 rings (SSSR count). The largest absolute Gasteiger partial charge is 0.456 e. The van der Waals surface area contributed by atoms with Gasteiger partial charge in [0.25, 0.3) is 0 Å². The van der Waals surface area contributed by atoms with Crippen molar-refractivity contribution in [1.29, 1.82) is 0 Å². The standard InChI is InChI=1S/C51H29N5OS/c1-2-11-31(12-3-1)48-52-49(54-50(53-48)33-24-26-37-36-13-5-8-18-42(36)57-43(37)29-33)32-22-21-30-23-25-35(28-34(30)27-32)55-40-16-6-4-14-38(40)46-39-15-10-20-45-47(39)56(51(46)55)41-17-7-9-19-44(41)58-45/h1-29H. The van der Waals surface area contributed by atoms with Crippen molar-refractivity contribution >= 4 is 77.3 Å². The van der Waals surface area contributed by atoms with Crippen LogP contribution in [0.15, 0.2) is 190 Å². The molecule has 8 aromatic carbocycles. The normalized spacial score (nSPS) is 12.4. The third-order valence-electron chi connectivity index (χ3n) is 11.5. The molecule has 6 nitrogen and oxygen atoms in total. The van der Waals surface area contributed by atoms with Gasteiger partial charge in [-0.3, -0.25) is 9.13 Å². The van der Waals surface area contributed by atoms with Gasteiger partial charge < -0.3 is 4.42 Å². The number of nitrogens with zero attached hydrogens (tertiary/aromatic N) is 5. The number of hydrogen-bond acceptors (Lipinski definition) is 5. The summed E-state index contributed by atoms with van der Waals surface area (Å²) >= 11 is 1.85. The zero-order valence-corrected chi connectivity index (χ0v) is 31.6. The van der Waals surface area contributed by atoms with E-state index in [1.54, 1.807) is 0 Å². The van der Waals surface area contributed by atoms with Crippen LogP contribution in [0.4, 0.5) is 0 Å². The second kappa shape index (κ2) is 12.0. The van der Waals surface area contributed by atoms with E-state index in [1.807, 2.05) is 66.4 Å². The van der Waals surface area contributed by atoms with Crippen LogP contribution < -0.4 is 0 Å². The Balaban J connectivity index is 1.01. The van der Waals surface area contributed by atoms with Crippen molar-refractivity contribution in [3.63, 3.8) is 0 Å². The Hall–Kier alpha value is -7.48. The summed E-state index contributed by atoms with van der Waals surface area (Å²) in [5.41, 5.74) is 10.3. The number of furan rings is 1. The Morgan fingerprint density at radius 2 is 1.10 bits per heavy atom. The van der Waals surface area contributed by atoms with Crippen molar-refractivity contribution in [3.05, 3.63) is 176 Å². The van der Waals surface area contributed by atoms with Gasteiger partial charge in [0, 0.05) is 59.1 Å². The van der Waals surface area contributed by atoms with Gasteiger partial charge in [0.15, 0.2) is 17.5 Å². The molecule has 4 aromatic heterocycles. The predicted octanol–water partition coefficient (Wildman–Crippen LogP) is 13.4. The molecule has 58 heavy (non-hydrogen) atoms. The summed E-state index contributed by atoms with van der Waals surface area (Å²) in [5.74, 6) is 1.82. The summed E-state index contributed by atoms with van der Waals surface area (Å²) in [6, 6.07) is 61.9. The number of fused-ring (bicyclic) bond motifs is 11. The van der Waals surface area contributed by atoms with Gasteiger partial charge in [-0.2, -0.15) is 0 Å². The lowest BCUT2D eigenvalue weighted by Crippen LogP contribution is -2.05. The van der Waals surface area contributed by atoms with Gasteiger partial charge in [0.1, 0.15) is 16.8 Å². The fourth-order valence-corrected chi connectivity index (χ4v) is 10.0. The molecule has 0 saturated heterocycles. The minimum absolute atomic E-state index is 0.591. The van der Waals surface area contributed by atoms with Crippen LogP contribution in [0.3, 0.4) is 0 Å². The number of rotatable bonds is 4. The molecule has 0 aliphatic carbocycles. The first-order valence-corrected chi connectivity index (χ1v) is 20.2. The SMILES string of the molecule is c1ccc(-c2nc(-c3ccc4ccc(-n5c6ccccc6c6c7cccc8c7n(c65)-c5ccccc5S8)cc4c3)nc(-c3ccc4c(c3)oc3ccccc34)n2)cc1. The van der Waals surface area contributed by atoms with E-state index in [2.05, 4.69) is 130 Å². The van der Waals surface area contributed by atoms with Crippen molar-refractivity contribution in [2.24, 2.45) is 0 Å². The molecule has 1 aliphatic heterocycles. The van der Waals surface area contributed by atoms with Crippen LogP contribution in [-0.2, 0) is 0 Å². The minimum Gasteiger partial charge on any atom is -0.456 e. The smallest absolute Gasteiger partial charge is 0.164 e. The molecule has 0 fully saturated rings. The van der Waals surface area contributed by atoms with E-state index in [1.165, 1.54) is 48.3 Å². The van der Waals surface area contributed by atoms with E-state index in [0.29, 0.717) is 17.5 Å². The van der Waals surface area contributed by atoms with Crippen molar-refractivity contribution in [3.8, 4) is 45.5 Å². The van der Waals surface area contributed by atoms with Crippen LogP contribution in [0, 0.1) is 0 Å². The van der Waals surface area contributed by atoms with E-state index in [9.17, 15) is 0 Å². The predicted molar refractivity (Wildman–Crippen MR) is 236 cm³/mol. The van der Waals surface area contributed by atoms with Gasteiger partial charge in [-0.1, -0.05) is 127 Å². The molecule has 12 aromatic rings. The fourth-order valence-electron chi connectivity index (χ4n) is 8.92. The average Bonchev–Trinajstić information content (AvgIpc) is 3.94. The number of aromatic nitrogens is 5. The zero-order chi connectivity index (χ0) is 37.9. The van der Waals surface area contributed by atoms with Crippen molar-refractivity contribution in [2.45, 2.75) is 9.79 Å². The molecule has 7 heteroatoms. The van der Waals surface area contributed by atoms with Crippen LogP contribution in [0.2, 0.25) is 0 Å². The topological polar surface area (TPSA) is 61.7 Å². The number of hydrogen-bond donors (Lipinski definition) is 0. The summed E-state index contributed by atoms with van der Waals surface area (Å²) in [7, 11) is 0.